The fourth-order valence-electron chi connectivity index (χ4n) is 0.898. The summed E-state index contributed by atoms with van der Waals surface area (Å²) in [4.78, 5) is 7.87. The van der Waals surface area contributed by atoms with Crippen LogP contribution >= 0.6 is 15.9 Å². The van der Waals surface area contributed by atoms with Gasteiger partial charge in [-0.05, 0) is 15.9 Å². The Morgan fingerprint density at radius 2 is 2.33 bits per heavy atom. The zero-order valence-electron chi connectivity index (χ0n) is 6.33. The van der Waals surface area contributed by atoms with Gasteiger partial charge in [0.05, 0.1) is 0 Å². The molecule has 0 radical (unpaired) electrons. The molecule has 1 aromatic rings. The van der Waals surface area contributed by atoms with Crippen molar-refractivity contribution in [2.45, 2.75) is 6.10 Å². The number of hydrogen-bond donors (Lipinski definition) is 1. The van der Waals surface area contributed by atoms with Crippen molar-refractivity contribution in [2.24, 2.45) is 0 Å². The molecule has 0 spiro atoms. The molecule has 0 unspecified atom stereocenters. The second-order valence-electron chi connectivity index (χ2n) is 2.58. The number of ether oxygens (including phenoxy) is 1. The van der Waals surface area contributed by atoms with E-state index in [1.807, 2.05) is 0 Å². The van der Waals surface area contributed by atoms with Gasteiger partial charge >= 0.3 is 0 Å². The van der Waals surface area contributed by atoms with E-state index in [0.717, 1.165) is 17.7 Å². The Hall–Kier alpha value is -0.680. The number of nitrogens with one attached hydrogen (secondary N) is 1. The zero-order valence-corrected chi connectivity index (χ0v) is 7.91. The molecular weight excluding hydrogens is 222 g/mol. The summed E-state index contributed by atoms with van der Waals surface area (Å²) in [6.45, 7) is 1.81. The lowest BCUT2D eigenvalue weighted by Gasteiger charge is -2.26. The van der Waals surface area contributed by atoms with Crippen LogP contribution in [-0.4, -0.2) is 29.2 Å². The van der Waals surface area contributed by atoms with Crippen LogP contribution in [0, 0.1) is 0 Å². The molecule has 0 saturated carbocycles. The maximum Gasteiger partial charge on any atom is 0.217 e. The third-order valence-corrected chi connectivity index (χ3v) is 2.07. The third-order valence-electron chi connectivity index (χ3n) is 1.64. The lowest BCUT2D eigenvalue weighted by molar-refractivity contribution is 0.136. The van der Waals surface area contributed by atoms with Gasteiger partial charge in [-0.1, -0.05) is 0 Å². The largest absolute Gasteiger partial charge is 0.472 e. The average Bonchev–Trinajstić information content (AvgIpc) is 1.97. The lowest BCUT2D eigenvalue weighted by atomic mass is 10.2. The van der Waals surface area contributed by atoms with Crippen LogP contribution in [0.3, 0.4) is 0 Å². The molecule has 12 heavy (non-hydrogen) atoms. The van der Waals surface area contributed by atoms with Crippen LogP contribution in [0.25, 0.3) is 0 Å². The van der Waals surface area contributed by atoms with Gasteiger partial charge in [0.25, 0.3) is 0 Å². The summed E-state index contributed by atoms with van der Waals surface area (Å²) < 4.78 is 6.24. The van der Waals surface area contributed by atoms with Crippen LogP contribution in [0.5, 0.6) is 5.88 Å². The molecule has 0 amide bonds. The van der Waals surface area contributed by atoms with Gasteiger partial charge in [0.15, 0.2) is 0 Å². The summed E-state index contributed by atoms with van der Waals surface area (Å²) in [5.41, 5.74) is 0. The summed E-state index contributed by atoms with van der Waals surface area (Å²) in [6, 6.07) is 1.76. The van der Waals surface area contributed by atoms with Crippen molar-refractivity contribution >= 4 is 15.9 Å². The highest BCUT2D eigenvalue weighted by Crippen LogP contribution is 2.13. The number of nitrogens with zero attached hydrogens (tertiary/aromatic N) is 2. The molecule has 0 aliphatic carbocycles. The molecule has 1 N–H and O–H groups in total. The van der Waals surface area contributed by atoms with Crippen molar-refractivity contribution < 1.29 is 4.74 Å². The van der Waals surface area contributed by atoms with Gasteiger partial charge in [0, 0.05) is 19.2 Å². The summed E-state index contributed by atoms with van der Waals surface area (Å²) in [6.07, 6.45) is 1.75. The minimum atomic E-state index is 0.270. The molecule has 1 aliphatic heterocycles. The minimum absolute atomic E-state index is 0.270. The Morgan fingerprint density at radius 1 is 1.50 bits per heavy atom. The maximum absolute atomic E-state index is 5.49. The first-order valence-electron chi connectivity index (χ1n) is 3.69. The molecular formula is C7H8BrN3O. The van der Waals surface area contributed by atoms with Crippen molar-refractivity contribution in [3.05, 3.63) is 17.0 Å². The highest BCUT2D eigenvalue weighted by atomic mass is 79.9. The van der Waals surface area contributed by atoms with Crippen molar-refractivity contribution in [1.29, 1.82) is 0 Å². The summed E-state index contributed by atoms with van der Waals surface area (Å²) in [7, 11) is 0. The molecule has 0 atom stereocenters. The summed E-state index contributed by atoms with van der Waals surface area (Å²) in [5.74, 6) is 0.628. The normalized spacial score (nSPS) is 17.1. The zero-order chi connectivity index (χ0) is 8.39. The van der Waals surface area contributed by atoms with Gasteiger partial charge in [-0.3, -0.25) is 0 Å². The molecule has 5 heteroatoms. The second-order valence-corrected chi connectivity index (χ2v) is 3.39. The average molecular weight is 230 g/mol. The fourth-order valence-corrected chi connectivity index (χ4v) is 1.19. The molecule has 1 aromatic heterocycles. The fraction of sp³-hybridized carbons (Fsp3) is 0.429. The van der Waals surface area contributed by atoms with Gasteiger partial charge in [-0.25, -0.2) is 9.97 Å². The van der Waals surface area contributed by atoms with Crippen LogP contribution in [0.15, 0.2) is 17.0 Å². The first kappa shape index (κ1) is 7.94. The molecule has 4 nitrogen and oxygen atoms in total. The topological polar surface area (TPSA) is 47.0 Å². The van der Waals surface area contributed by atoms with Crippen LogP contribution in [0.4, 0.5) is 0 Å². The van der Waals surface area contributed by atoms with E-state index >= 15 is 0 Å². The number of halogens is 1. The SMILES string of the molecule is Brc1cc(OC2CNC2)ncn1. The lowest BCUT2D eigenvalue weighted by Crippen LogP contribution is -2.50. The first-order chi connectivity index (χ1) is 5.84. The Kier molecular flexibility index (Phi) is 2.23. The van der Waals surface area contributed by atoms with E-state index in [-0.39, 0.29) is 6.10 Å². The molecule has 2 rings (SSSR count). The quantitative estimate of drug-likeness (QED) is 0.755. The van der Waals surface area contributed by atoms with E-state index < -0.39 is 0 Å². The van der Waals surface area contributed by atoms with E-state index in [4.69, 9.17) is 4.74 Å². The van der Waals surface area contributed by atoms with E-state index in [2.05, 4.69) is 31.2 Å². The van der Waals surface area contributed by atoms with Crippen LogP contribution in [0.2, 0.25) is 0 Å². The van der Waals surface area contributed by atoms with E-state index in [1.54, 1.807) is 6.07 Å². The molecule has 0 aromatic carbocycles. The van der Waals surface area contributed by atoms with Crippen molar-refractivity contribution in [1.82, 2.24) is 15.3 Å². The molecule has 1 aliphatic rings. The Balaban J connectivity index is 2.02. The third kappa shape index (κ3) is 1.73. The highest BCUT2D eigenvalue weighted by Gasteiger charge is 2.18. The number of aromatic nitrogens is 2. The van der Waals surface area contributed by atoms with Crippen molar-refractivity contribution in [2.75, 3.05) is 13.1 Å². The standard InChI is InChI=1S/C7H8BrN3O/c8-6-1-7(11-4-10-6)12-5-2-9-3-5/h1,4-5,9H,2-3H2. The first-order valence-corrected chi connectivity index (χ1v) is 4.49. The van der Waals surface area contributed by atoms with E-state index in [1.165, 1.54) is 6.33 Å². The molecule has 1 fully saturated rings. The van der Waals surface area contributed by atoms with E-state index in [9.17, 15) is 0 Å². The van der Waals surface area contributed by atoms with Crippen molar-refractivity contribution in [3.8, 4) is 5.88 Å². The minimum Gasteiger partial charge on any atom is -0.472 e. The summed E-state index contributed by atoms with van der Waals surface area (Å²) >= 11 is 3.25. The van der Waals surface area contributed by atoms with Gasteiger partial charge < -0.3 is 10.1 Å². The maximum atomic E-state index is 5.49. The van der Waals surface area contributed by atoms with Gasteiger partial charge in [0.2, 0.25) is 5.88 Å². The number of rotatable bonds is 2. The predicted octanol–water partition coefficient (Wildman–Crippen LogP) is 0.590. The van der Waals surface area contributed by atoms with Crippen LogP contribution in [0.1, 0.15) is 0 Å². The summed E-state index contributed by atoms with van der Waals surface area (Å²) in [5, 5.41) is 3.12. The molecule has 64 valence electrons. The smallest absolute Gasteiger partial charge is 0.217 e. The molecule has 0 bridgehead atoms. The number of hydrogen-bond acceptors (Lipinski definition) is 4. The Labute approximate surface area is 78.5 Å². The Bertz CT molecular complexity index is 277. The second kappa shape index (κ2) is 3.37. The van der Waals surface area contributed by atoms with Crippen LogP contribution < -0.4 is 10.1 Å². The van der Waals surface area contributed by atoms with Crippen LogP contribution in [-0.2, 0) is 0 Å². The van der Waals surface area contributed by atoms with Gasteiger partial charge in [0.1, 0.15) is 17.0 Å². The van der Waals surface area contributed by atoms with E-state index in [0.29, 0.717) is 5.88 Å². The van der Waals surface area contributed by atoms with Crippen molar-refractivity contribution in [3.63, 3.8) is 0 Å². The molecule has 2 heterocycles. The molecule has 1 saturated heterocycles. The van der Waals surface area contributed by atoms with Gasteiger partial charge in [-0.2, -0.15) is 0 Å². The monoisotopic (exact) mass is 229 g/mol. The predicted molar refractivity (Wildman–Crippen MR) is 47.0 cm³/mol. The van der Waals surface area contributed by atoms with Gasteiger partial charge in [-0.15, -0.1) is 0 Å². The Morgan fingerprint density at radius 3 is 2.92 bits per heavy atom. The highest BCUT2D eigenvalue weighted by molar-refractivity contribution is 9.10.